The zero-order valence-corrected chi connectivity index (χ0v) is 18.1. The molecule has 0 radical (unpaired) electrons. The summed E-state index contributed by atoms with van der Waals surface area (Å²) < 4.78 is 38.4. The maximum Gasteiger partial charge on any atom is 0.240 e. The Morgan fingerprint density at radius 2 is 2.10 bits per heavy atom. The molecule has 1 aliphatic carbocycles. The van der Waals surface area contributed by atoms with Crippen molar-refractivity contribution in [1.82, 2.24) is 9.71 Å². The van der Waals surface area contributed by atoms with Crippen LogP contribution in [0.4, 0.5) is 5.69 Å². The Kier molecular flexibility index (Phi) is 5.63. The second kappa shape index (κ2) is 8.21. The lowest BCUT2D eigenvalue weighted by Crippen LogP contribution is -2.26. The van der Waals surface area contributed by atoms with E-state index in [4.69, 9.17) is 9.15 Å². The van der Waals surface area contributed by atoms with Gasteiger partial charge in [-0.2, -0.15) is 0 Å². The quantitative estimate of drug-likeness (QED) is 0.548. The first-order valence-electron chi connectivity index (χ1n) is 9.35. The molecule has 1 aromatic carbocycles. The fourth-order valence-corrected chi connectivity index (χ4v) is 4.96. The normalized spacial score (nSPS) is 13.9. The number of methoxy groups -OCH3 is 1. The summed E-state index contributed by atoms with van der Waals surface area (Å²) in [5, 5.41) is 5.22. The average Bonchev–Trinajstić information content (AvgIpc) is 3.19. The molecule has 1 saturated carbocycles. The third-order valence-electron chi connectivity index (χ3n) is 4.50. The van der Waals surface area contributed by atoms with Crippen molar-refractivity contribution in [3.63, 3.8) is 0 Å². The highest BCUT2D eigenvalue weighted by atomic mass is 32.2. The number of furan rings is 1. The van der Waals surface area contributed by atoms with Gasteiger partial charge in [-0.3, -0.25) is 4.79 Å². The number of aryl methyl sites for hydroxylation is 1. The van der Waals surface area contributed by atoms with E-state index in [1.165, 1.54) is 36.6 Å². The summed E-state index contributed by atoms with van der Waals surface area (Å²) in [5.41, 5.74) is 0.887. The molecule has 8 nitrogen and oxygen atoms in total. The van der Waals surface area contributed by atoms with Gasteiger partial charge in [-0.15, -0.1) is 11.3 Å². The zero-order valence-electron chi connectivity index (χ0n) is 16.5. The van der Waals surface area contributed by atoms with Crippen LogP contribution in [0.25, 0.3) is 10.8 Å². The molecule has 1 aliphatic rings. The third kappa shape index (κ3) is 4.72. The lowest BCUT2D eigenvalue weighted by atomic mass is 10.2. The molecule has 3 aromatic rings. The van der Waals surface area contributed by atoms with E-state index >= 15 is 0 Å². The fourth-order valence-electron chi connectivity index (χ4n) is 2.85. The van der Waals surface area contributed by atoms with Crippen LogP contribution in [-0.2, 0) is 21.2 Å². The molecule has 158 valence electrons. The highest BCUT2D eigenvalue weighted by Crippen LogP contribution is 2.30. The number of nitrogens with zero attached hydrogens (tertiary/aromatic N) is 1. The Bertz CT molecular complexity index is 1180. The van der Waals surface area contributed by atoms with E-state index in [1.54, 1.807) is 5.38 Å². The van der Waals surface area contributed by atoms with Crippen LogP contribution in [0, 0.1) is 6.92 Å². The van der Waals surface area contributed by atoms with Crippen molar-refractivity contribution < 1.29 is 22.4 Å². The van der Waals surface area contributed by atoms with E-state index in [0.717, 1.165) is 18.6 Å². The molecule has 2 N–H and O–H groups in total. The summed E-state index contributed by atoms with van der Waals surface area (Å²) in [6, 6.07) is 8.07. The molecule has 0 aliphatic heterocycles. The SMILES string of the molecule is COc1ccc(S(=O)(=O)NC2CC2)cc1NC(=O)Cc1csc(-c2ccc(C)o2)n1. The minimum absolute atomic E-state index is 0.00745. The topological polar surface area (TPSA) is 111 Å². The molecule has 0 atom stereocenters. The predicted molar refractivity (Wildman–Crippen MR) is 113 cm³/mol. The lowest BCUT2D eigenvalue weighted by Gasteiger charge is -2.12. The number of anilines is 1. The Hall–Kier alpha value is -2.69. The zero-order chi connectivity index (χ0) is 21.3. The van der Waals surface area contributed by atoms with Crippen molar-refractivity contribution in [3.05, 3.63) is 47.2 Å². The molecule has 1 amide bonds. The number of aromatic nitrogens is 1. The van der Waals surface area contributed by atoms with Crippen molar-refractivity contribution in [1.29, 1.82) is 0 Å². The Balaban J connectivity index is 1.48. The van der Waals surface area contributed by atoms with Crippen LogP contribution in [0.1, 0.15) is 24.3 Å². The number of benzene rings is 1. The fraction of sp³-hybridized carbons (Fsp3) is 0.300. The maximum absolute atomic E-state index is 12.6. The Morgan fingerprint density at radius 1 is 1.30 bits per heavy atom. The van der Waals surface area contributed by atoms with Gasteiger partial charge in [0, 0.05) is 11.4 Å². The highest BCUT2D eigenvalue weighted by molar-refractivity contribution is 7.89. The van der Waals surface area contributed by atoms with Gasteiger partial charge in [-0.25, -0.2) is 18.1 Å². The van der Waals surface area contributed by atoms with Gasteiger partial charge in [0.2, 0.25) is 15.9 Å². The van der Waals surface area contributed by atoms with Gasteiger partial charge in [0.1, 0.15) is 11.5 Å². The number of rotatable bonds is 8. The summed E-state index contributed by atoms with van der Waals surface area (Å²) in [7, 11) is -2.18. The van der Waals surface area contributed by atoms with E-state index < -0.39 is 10.0 Å². The van der Waals surface area contributed by atoms with E-state index in [9.17, 15) is 13.2 Å². The monoisotopic (exact) mass is 447 g/mol. The van der Waals surface area contributed by atoms with Crippen LogP contribution in [0.3, 0.4) is 0 Å². The molecule has 0 unspecified atom stereocenters. The van der Waals surface area contributed by atoms with Crippen molar-refractivity contribution in [2.75, 3.05) is 12.4 Å². The van der Waals surface area contributed by atoms with E-state index in [0.29, 0.717) is 27.9 Å². The standard InChI is InChI=1S/C20H21N3O5S2/c1-12-3-7-18(28-12)20-21-14(11-29-20)9-19(24)22-16-10-15(6-8-17(16)27-2)30(25,26)23-13-4-5-13/h3,6-8,10-11,13,23H,4-5,9H2,1-2H3,(H,22,24). The number of carbonyl (C=O) groups excluding carboxylic acids is 1. The molecule has 0 bridgehead atoms. The predicted octanol–water partition coefficient (Wildman–Crippen LogP) is 3.34. The van der Waals surface area contributed by atoms with Crippen LogP contribution < -0.4 is 14.8 Å². The van der Waals surface area contributed by atoms with Gasteiger partial charge < -0.3 is 14.5 Å². The average molecular weight is 448 g/mol. The van der Waals surface area contributed by atoms with Crippen LogP contribution in [0.5, 0.6) is 5.75 Å². The molecule has 0 saturated heterocycles. The number of nitrogens with one attached hydrogen (secondary N) is 2. The largest absolute Gasteiger partial charge is 0.495 e. The van der Waals surface area contributed by atoms with Gasteiger partial charge >= 0.3 is 0 Å². The number of thiazole rings is 1. The first kappa shape index (κ1) is 20.6. The van der Waals surface area contributed by atoms with Crippen LogP contribution in [0.15, 0.2) is 45.0 Å². The maximum atomic E-state index is 12.6. The minimum atomic E-state index is -3.64. The molecule has 10 heteroatoms. The molecule has 30 heavy (non-hydrogen) atoms. The summed E-state index contributed by atoms with van der Waals surface area (Å²) in [4.78, 5) is 17.1. The number of ether oxygens (including phenoxy) is 1. The number of amides is 1. The first-order chi connectivity index (χ1) is 14.3. The number of hydrogen-bond donors (Lipinski definition) is 2. The van der Waals surface area contributed by atoms with Crippen LogP contribution in [-0.4, -0.2) is 32.5 Å². The molecular weight excluding hydrogens is 426 g/mol. The highest BCUT2D eigenvalue weighted by Gasteiger charge is 2.28. The van der Waals surface area contributed by atoms with Crippen LogP contribution >= 0.6 is 11.3 Å². The van der Waals surface area contributed by atoms with Gasteiger partial charge in [0.15, 0.2) is 10.8 Å². The second-order valence-electron chi connectivity index (χ2n) is 7.04. The third-order valence-corrected chi connectivity index (χ3v) is 6.92. The molecule has 1 fully saturated rings. The summed E-state index contributed by atoms with van der Waals surface area (Å²) in [6.07, 6.45) is 1.72. The molecule has 0 spiro atoms. The van der Waals surface area contributed by atoms with E-state index in [2.05, 4.69) is 15.0 Å². The number of hydrogen-bond acceptors (Lipinski definition) is 7. The van der Waals surface area contributed by atoms with Crippen molar-refractivity contribution in [2.24, 2.45) is 0 Å². The smallest absolute Gasteiger partial charge is 0.240 e. The van der Waals surface area contributed by atoms with Gasteiger partial charge in [-0.05, 0) is 50.1 Å². The Morgan fingerprint density at radius 3 is 2.77 bits per heavy atom. The first-order valence-corrected chi connectivity index (χ1v) is 11.7. The summed E-state index contributed by atoms with van der Waals surface area (Å²) in [5.74, 6) is 1.49. The van der Waals surface area contributed by atoms with Gasteiger partial charge in [-0.1, -0.05) is 0 Å². The van der Waals surface area contributed by atoms with Gasteiger partial charge in [0.25, 0.3) is 0 Å². The number of sulfonamides is 1. The van der Waals surface area contributed by atoms with Crippen molar-refractivity contribution in [3.8, 4) is 16.5 Å². The summed E-state index contributed by atoms with van der Waals surface area (Å²) in [6.45, 7) is 1.85. The second-order valence-corrected chi connectivity index (χ2v) is 9.61. The minimum Gasteiger partial charge on any atom is -0.495 e. The molecule has 4 rings (SSSR count). The van der Waals surface area contributed by atoms with E-state index in [-0.39, 0.29) is 23.3 Å². The molecule has 2 heterocycles. The Labute approximate surface area is 178 Å². The van der Waals surface area contributed by atoms with Gasteiger partial charge in [0.05, 0.1) is 29.8 Å². The van der Waals surface area contributed by atoms with E-state index in [1.807, 2.05) is 19.1 Å². The molecule has 2 aromatic heterocycles. The van der Waals surface area contributed by atoms with Crippen molar-refractivity contribution >= 4 is 33.0 Å². The van der Waals surface area contributed by atoms with Crippen molar-refractivity contribution in [2.45, 2.75) is 37.1 Å². The summed E-state index contributed by atoms with van der Waals surface area (Å²) >= 11 is 1.39. The van der Waals surface area contributed by atoms with Crippen LogP contribution in [0.2, 0.25) is 0 Å². The molecular formula is C20H21N3O5S2. The lowest BCUT2D eigenvalue weighted by molar-refractivity contribution is -0.115. The number of carbonyl (C=O) groups is 1.